The van der Waals surface area contributed by atoms with Crippen molar-refractivity contribution < 1.29 is 14.7 Å². The van der Waals surface area contributed by atoms with Crippen molar-refractivity contribution in [1.29, 1.82) is 0 Å². The first-order valence-corrected chi connectivity index (χ1v) is 8.26. The zero-order valence-electron chi connectivity index (χ0n) is 12.8. The number of thioether (sulfide) groups is 1. The summed E-state index contributed by atoms with van der Waals surface area (Å²) < 4.78 is 0. The second-order valence-corrected chi connectivity index (χ2v) is 6.57. The molecule has 0 aliphatic rings. The van der Waals surface area contributed by atoms with Crippen LogP contribution in [0.2, 0.25) is 0 Å². The van der Waals surface area contributed by atoms with Gasteiger partial charge < -0.3 is 10.4 Å². The van der Waals surface area contributed by atoms with Crippen molar-refractivity contribution in [3.05, 3.63) is 29.8 Å². The number of amides is 1. The molecule has 4 nitrogen and oxygen atoms in total. The maximum atomic E-state index is 11.8. The summed E-state index contributed by atoms with van der Waals surface area (Å²) in [4.78, 5) is 22.6. The average Bonchev–Trinajstić information content (AvgIpc) is 2.43. The molecule has 0 spiro atoms. The molecule has 1 amide bonds. The van der Waals surface area contributed by atoms with Gasteiger partial charge in [-0.05, 0) is 42.7 Å². The lowest BCUT2D eigenvalue weighted by atomic mass is 10.0. The molecule has 116 valence electrons. The van der Waals surface area contributed by atoms with Gasteiger partial charge in [0.05, 0.1) is 11.7 Å². The Morgan fingerprint density at radius 1 is 1.19 bits per heavy atom. The Balaban J connectivity index is 2.41. The van der Waals surface area contributed by atoms with E-state index in [9.17, 15) is 9.59 Å². The molecule has 0 aliphatic carbocycles. The maximum Gasteiger partial charge on any atom is 0.310 e. The number of carbonyl (C=O) groups excluding carboxylic acids is 1. The van der Waals surface area contributed by atoms with Crippen LogP contribution >= 0.6 is 11.8 Å². The SMILES string of the molecule is CC(C)CCSCC(=O)Nc1ccc(C(C)C(=O)O)cc1. The van der Waals surface area contributed by atoms with Crippen molar-refractivity contribution in [2.45, 2.75) is 33.1 Å². The topological polar surface area (TPSA) is 66.4 Å². The van der Waals surface area contributed by atoms with E-state index in [0.717, 1.165) is 17.7 Å². The molecule has 21 heavy (non-hydrogen) atoms. The molecule has 1 aromatic rings. The molecule has 0 fully saturated rings. The third-order valence-electron chi connectivity index (χ3n) is 3.14. The summed E-state index contributed by atoms with van der Waals surface area (Å²) in [6.45, 7) is 5.97. The van der Waals surface area contributed by atoms with E-state index in [-0.39, 0.29) is 5.91 Å². The molecule has 5 heteroatoms. The van der Waals surface area contributed by atoms with Gasteiger partial charge >= 0.3 is 5.97 Å². The van der Waals surface area contributed by atoms with Crippen LogP contribution in [0.15, 0.2) is 24.3 Å². The number of carboxylic acid groups (broad SMARTS) is 1. The smallest absolute Gasteiger partial charge is 0.310 e. The third kappa shape index (κ3) is 6.67. The van der Waals surface area contributed by atoms with Crippen molar-refractivity contribution in [2.75, 3.05) is 16.8 Å². The Hall–Kier alpha value is -1.49. The standard InChI is InChI=1S/C16H23NO3S/c1-11(2)8-9-21-10-15(18)17-14-6-4-13(5-7-14)12(3)16(19)20/h4-7,11-12H,8-10H2,1-3H3,(H,17,18)(H,19,20). The molecule has 0 saturated carbocycles. The summed E-state index contributed by atoms with van der Waals surface area (Å²) in [5.74, 6) is 0.668. The van der Waals surface area contributed by atoms with Crippen LogP contribution < -0.4 is 5.32 Å². The Labute approximate surface area is 130 Å². The van der Waals surface area contributed by atoms with E-state index in [1.165, 1.54) is 0 Å². The quantitative estimate of drug-likeness (QED) is 0.720. The van der Waals surface area contributed by atoms with Crippen molar-refractivity contribution in [1.82, 2.24) is 0 Å². The fraction of sp³-hybridized carbons (Fsp3) is 0.500. The largest absolute Gasteiger partial charge is 0.481 e. The van der Waals surface area contributed by atoms with Gasteiger partial charge in [0.15, 0.2) is 0 Å². The third-order valence-corrected chi connectivity index (χ3v) is 4.13. The molecule has 0 heterocycles. The average molecular weight is 309 g/mol. The minimum absolute atomic E-state index is 0.0252. The Bertz CT molecular complexity index is 471. The lowest BCUT2D eigenvalue weighted by Gasteiger charge is -2.09. The van der Waals surface area contributed by atoms with E-state index in [4.69, 9.17) is 5.11 Å². The number of hydrogen-bond acceptors (Lipinski definition) is 3. The number of rotatable bonds is 8. The van der Waals surface area contributed by atoms with E-state index in [1.807, 2.05) is 0 Å². The van der Waals surface area contributed by atoms with E-state index in [2.05, 4.69) is 19.2 Å². The summed E-state index contributed by atoms with van der Waals surface area (Å²) in [6.07, 6.45) is 1.11. The molecule has 0 aliphatic heterocycles. The van der Waals surface area contributed by atoms with E-state index in [0.29, 0.717) is 17.4 Å². The first kappa shape index (κ1) is 17.6. The predicted octanol–water partition coefficient (Wildman–Crippen LogP) is 3.59. The second kappa shape index (κ2) is 8.72. The number of aliphatic carboxylic acids is 1. The molecule has 0 radical (unpaired) electrons. The molecule has 1 atom stereocenters. The van der Waals surface area contributed by atoms with E-state index < -0.39 is 11.9 Å². The minimum Gasteiger partial charge on any atom is -0.481 e. The number of hydrogen-bond donors (Lipinski definition) is 2. The van der Waals surface area contributed by atoms with Gasteiger partial charge in [-0.2, -0.15) is 11.8 Å². The Morgan fingerprint density at radius 2 is 1.81 bits per heavy atom. The maximum absolute atomic E-state index is 11.8. The van der Waals surface area contributed by atoms with E-state index >= 15 is 0 Å². The van der Waals surface area contributed by atoms with Gasteiger partial charge in [-0.25, -0.2) is 0 Å². The van der Waals surface area contributed by atoms with Crippen molar-refractivity contribution in [3.63, 3.8) is 0 Å². The molecule has 1 rings (SSSR count). The highest BCUT2D eigenvalue weighted by molar-refractivity contribution is 7.99. The van der Waals surface area contributed by atoms with Crippen LogP contribution in [0.5, 0.6) is 0 Å². The minimum atomic E-state index is -0.853. The predicted molar refractivity (Wildman–Crippen MR) is 87.9 cm³/mol. The fourth-order valence-electron chi connectivity index (χ4n) is 1.68. The zero-order chi connectivity index (χ0) is 15.8. The highest BCUT2D eigenvalue weighted by atomic mass is 32.2. The number of carbonyl (C=O) groups is 2. The van der Waals surface area contributed by atoms with Gasteiger partial charge in [-0.15, -0.1) is 0 Å². The van der Waals surface area contributed by atoms with Crippen LogP contribution in [0.1, 0.15) is 38.7 Å². The lowest BCUT2D eigenvalue weighted by molar-refractivity contribution is -0.138. The van der Waals surface area contributed by atoms with Crippen LogP contribution in [0, 0.1) is 5.92 Å². The highest BCUT2D eigenvalue weighted by Gasteiger charge is 2.13. The first-order chi connectivity index (χ1) is 9.90. The second-order valence-electron chi connectivity index (χ2n) is 5.47. The molecule has 0 saturated heterocycles. The summed E-state index contributed by atoms with van der Waals surface area (Å²) in [6, 6.07) is 6.96. The molecule has 0 bridgehead atoms. The van der Waals surface area contributed by atoms with Crippen molar-refractivity contribution >= 4 is 29.3 Å². The van der Waals surface area contributed by atoms with Gasteiger partial charge in [-0.3, -0.25) is 9.59 Å². The van der Waals surface area contributed by atoms with Crippen LogP contribution in [-0.4, -0.2) is 28.5 Å². The normalized spacial score (nSPS) is 12.2. The Kier molecular flexibility index (Phi) is 7.29. The first-order valence-electron chi connectivity index (χ1n) is 7.10. The van der Waals surface area contributed by atoms with Crippen LogP contribution in [0.4, 0.5) is 5.69 Å². The lowest BCUT2D eigenvalue weighted by Crippen LogP contribution is -2.14. The molecule has 1 aromatic carbocycles. The summed E-state index contributed by atoms with van der Waals surface area (Å²) in [5, 5.41) is 11.8. The zero-order valence-corrected chi connectivity index (χ0v) is 13.6. The summed E-state index contributed by atoms with van der Waals surface area (Å²) >= 11 is 1.63. The molecular formula is C16H23NO3S. The molecule has 2 N–H and O–H groups in total. The molecular weight excluding hydrogens is 286 g/mol. The number of anilines is 1. The number of benzene rings is 1. The van der Waals surface area contributed by atoms with Crippen molar-refractivity contribution in [3.8, 4) is 0 Å². The number of carboxylic acids is 1. The summed E-state index contributed by atoms with van der Waals surface area (Å²) in [7, 11) is 0. The monoisotopic (exact) mass is 309 g/mol. The van der Waals surface area contributed by atoms with Gasteiger partial charge in [0, 0.05) is 5.69 Å². The van der Waals surface area contributed by atoms with Crippen molar-refractivity contribution in [2.24, 2.45) is 5.92 Å². The Morgan fingerprint density at radius 3 is 2.33 bits per heavy atom. The summed E-state index contributed by atoms with van der Waals surface area (Å²) in [5.41, 5.74) is 1.43. The molecule has 1 unspecified atom stereocenters. The molecule has 0 aromatic heterocycles. The highest BCUT2D eigenvalue weighted by Crippen LogP contribution is 2.18. The fourth-order valence-corrected chi connectivity index (χ4v) is 2.72. The van der Waals surface area contributed by atoms with Crippen LogP contribution in [0.3, 0.4) is 0 Å². The van der Waals surface area contributed by atoms with Gasteiger partial charge in [-0.1, -0.05) is 26.0 Å². The van der Waals surface area contributed by atoms with Gasteiger partial charge in [0.25, 0.3) is 0 Å². The van der Waals surface area contributed by atoms with Crippen LogP contribution in [0.25, 0.3) is 0 Å². The van der Waals surface area contributed by atoms with E-state index in [1.54, 1.807) is 43.0 Å². The van der Waals surface area contributed by atoms with Crippen LogP contribution in [-0.2, 0) is 9.59 Å². The number of nitrogens with one attached hydrogen (secondary N) is 1. The van der Waals surface area contributed by atoms with Gasteiger partial charge in [0.2, 0.25) is 5.91 Å². The van der Waals surface area contributed by atoms with Gasteiger partial charge in [0.1, 0.15) is 0 Å².